The molecule has 3 atom stereocenters. The molecule has 0 bridgehead atoms. The lowest BCUT2D eigenvalue weighted by Gasteiger charge is -2.41. The Bertz CT molecular complexity index is 1150. The van der Waals surface area contributed by atoms with Crippen molar-refractivity contribution in [1.29, 1.82) is 0 Å². The van der Waals surface area contributed by atoms with Gasteiger partial charge in [0.2, 0.25) is 5.91 Å². The number of pyridine rings is 1. The van der Waals surface area contributed by atoms with Gasteiger partial charge in [-0.3, -0.25) is 19.8 Å². The number of nitrogens with one attached hydrogen (secondary N) is 3. The molecule has 1 aromatic carbocycles. The molecule has 1 aromatic heterocycles. The standard InChI is InChI=1S/C25H28ClFN6O3/c26-21-6-4-16(14-29-21)24(35)32-8-10-33(11-9-32)25(36)18-12-15(3-5-19(18)27)13-20-22-17(2-1-7-28-22)23(34)31-30-20/h3-6,12,14,17,20,22,28,30H,1-2,7-11,13H2,(H,31,34). The van der Waals surface area contributed by atoms with Crippen LogP contribution in [-0.2, 0) is 11.2 Å². The number of nitrogens with zero attached hydrogens (tertiary/aromatic N) is 3. The van der Waals surface area contributed by atoms with E-state index in [1.807, 2.05) is 0 Å². The fourth-order valence-corrected chi connectivity index (χ4v) is 5.35. The van der Waals surface area contributed by atoms with E-state index in [4.69, 9.17) is 11.6 Å². The molecular weight excluding hydrogens is 487 g/mol. The van der Waals surface area contributed by atoms with Crippen LogP contribution in [0.4, 0.5) is 4.39 Å². The van der Waals surface area contributed by atoms with Crippen LogP contribution in [-0.4, -0.2) is 77.3 Å². The highest BCUT2D eigenvalue weighted by molar-refractivity contribution is 6.29. The van der Waals surface area contributed by atoms with E-state index in [1.165, 1.54) is 12.3 Å². The van der Waals surface area contributed by atoms with E-state index in [0.717, 1.165) is 24.9 Å². The molecule has 9 nitrogen and oxygen atoms in total. The molecule has 11 heteroatoms. The van der Waals surface area contributed by atoms with Crippen LogP contribution in [0.1, 0.15) is 39.1 Å². The van der Waals surface area contributed by atoms with Crippen molar-refractivity contribution >= 4 is 29.3 Å². The van der Waals surface area contributed by atoms with E-state index in [9.17, 15) is 18.8 Å². The average molecular weight is 515 g/mol. The minimum atomic E-state index is -0.576. The van der Waals surface area contributed by atoms with Crippen LogP contribution >= 0.6 is 11.6 Å². The molecule has 190 valence electrons. The van der Waals surface area contributed by atoms with Gasteiger partial charge in [-0.2, -0.15) is 0 Å². The van der Waals surface area contributed by atoms with Crippen LogP contribution < -0.4 is 16.2 Å². The van der Waals surface area contributed by atoms with Crippen LogP contribution in [0.25, 0.3) is 0 Å². The van der Waals surface area contributed by atoms with E-state index in [1.54, 1.807) is 34.1 Å². The third-order valence-corrected chi connectivity index (χ3v) is 7.43. The Morgan fingerprint density at radius 2 is 1.83 bits per heavy atom. The summed E-state index contributed by atoms with van der Waals surface area (Å²) in [5, 5.41) is 3.75. The molecular formula is C25H28ClFN6O3. The summed E-state index contributed by atoms with van der Waals surface area (Å²) in [4.78, 5) is 45.3. The first-order valence-corrected chi connectivity index (χ1v) is 12.6. The Balaban J connectivity index is 1.23. The van der Waals surface area contributed by atoms with Gasteiger partial charge < -0.3 is 15.1 Å². The monoisotopic (exact) mass is 514 g/mol. The van der Waals surface area contributed by atoms with Crippen LogP contribution in [0, 0.1) is 11.7 Å². The van der Waals surface area contributed by atoms with E-state index in [2.05, 4.69) is 21.2 Å². The van der Waals surface area contributed by atoms with Crippen molar-refractivity contribution < 1.29 is 18.8 Å². The smallest absolute Gasteiger partial charge is 0.256 e. The van der Waals surface area contributed by atoms with Gasteiger partial charge in [0.05, 0.1) is 17.0 Å². The number of carbonyl (C=O) groups excluding carboxylic acids is 3. The normalized spacial score (nSPS) is 24.2. The quantitative estimate of drug-likeness (QED) is 0.532. The largest absolute Gasteiger partial charge is 0.335 e. The number of aromatic nitrogens is 1. The molecule has 0 spiro atoms. The molecule has 3 unspecified atom stereocenters. The van der Waals surface area contributed by atoms with Crippen molar-refractivity contribution in [3.05, 3.63) is 64.2 Å². The Morgan fingerprint density at radius 3 is 2.56 bits per heavy atom. The first-order valence-electron chi connectivity index (χ1n) is 12.2. The predicted octanol–water partition coefficient (Wildman–Crippen LogP) is 1.39. The number of carbonyl (C=O) groups is 3. The zero-order valence-corrected chi connectivity index (χ0v) is 20.4. The summed E-state index contributed by atoms with van der Waals surface area (Å²) < 4.78 is 14.7. The van der Waals surface area contributed by atoms with Gasteiger partial charge in [0.15, 0.2) is 0 Å². The summed E-state index contributed by atoms with van der Waals surface area (Å²) in [7, 11) is 0. The van der Waals surface area contributed by atoms with Crippen molar-refractivity contribution in [3.63, 3.8) is 0 Å². The summed E-state index contributed by atoms with van der Waals surface area (Å²) in [5.74, 6) is -1.26. The number of hydrogen-bond donors (Lipinski definition) is 3. The summed E-state index contributed by atoms with van der Waals surface area (Å²) in [6.07, 6.45) is 3.75. The van der Waals surface area contributed by atoms with Crippen molar-refractivity contribution in [2.24, 2.45) is 5.92 Å². The van der Waals surface area contributed by atoms with Crippen LogP contribution in [0.2, 0.25) is 5.15 Å². The zero-order chi connectivity index (χ0) is 25.2. The van der Waals surface area contributed by atoms with Crippen LogP contribution in [0.3, 0.4) is 0 Å². The number of fused-ring (bicyclic) bond motifs is 1. The first kappa shape index (κ1) is 24.6. The molecule has 3 amide bonds. The Morgan fingerprint density at radius 1 is 1.08 bits per heavy atom. The maximum Gasteiger partial charge on any atom is 0.256 e. The molecule has 0 saturated carbocycles. The van der Waals surface area contributed by atoms with E-state index < -0.39 is 11.7 Å². The van der Waals surface area contributed by atoms with Crippen LogP contribution in [0.15, 0.2) is 36.5 Å². The third kappa shape index (κ3) is 5.07. The average Bonchev–Trinajstić information content (AvgIpc) is 2.91. The van der Waals surface area contributed by atoms with E-state index in [0.29, 0.717) is 43.3 Å². The minimum absolute atomic E-state index is 0.0108. The topological polar surface area (TPSA) is 107 Å². The Labute approximate surface area is 213 Å². The summed E-state index contributed by atoms with van der Waals surface area (Å²) in [6, 6.07) is 7.70. The molecule has 5 rings (SSSR count). The number of hydrazine groups is 1. The second-order valence-electron chi connectivity index (χ2n) is 9.44. The van der Waals surface area contributed by atoms with Crippen molar-refractivity contribution in [2.45, 2.75) is 31.3 Å². The van der Waals surface area contributed by atoms with E-state index >= 15 is 0 Å². The molecule has 3 aliphatic rings. The SMILES string of the molecule is O=C1NNC(Cc2ccc(F)c(C(=O)N3CCN(C(=O)c4ccc(Cl)nc4)CC3)c2)C2NCCCC12. The summed E-state index contributed by atoms with van der Waals surface area (Å²) >= 11 is 5.79. The van der Waals surface area contributed by atoms with Gasteiger partial charge in [-0.1, -0.05) is 17.7 Å². The number of amides is 3. The van der Waals surface area contributed by atoms with Crippen molar-refractivity contribution in [2.75, 3.05) is 32.7 Å². The van der Waals surface area contributed by atoms with Gasteiger partial charge in [0, 0.05) is 44.5 Å². The van der Waals surface area contributed by atoms with Gasteiger partial charge in [-0.05, 0) is 55.6 Å². The van der Waals surface area contributed by atoms with Crippen LogP contribution in [0.5, 0.6) is 0 Å². The molecule has 3 N–H and O–H groups in total. The molecule has 2 aromatic rings. The minimum Gasteiger partial charge on any atom is -0.335 e. The Kier molecular flexibility index (Phi) is 7.17. The molecule has 3 saturated heterocycles. The molecule has 0 aliphatic carbocycles. The highest BCUT2D eigenvalue weighted by atomic mass is 35.5. The number of piperidine rings is 1. The predicted molar refractivity (Wildman–Crippen MR) is 131 cm³/mol. The summed E-state index contributed by atoms with van der Waals surface area (Å²) in [6.45, 7) is 2.14. The fourth-order valence-electron chi connectivity index (χ4n) is 5.24. The second-order valence-corrected chi connectivity index (χ2v) is 9.83. The van der Waals surface area contributed by atoms with Gasteiger partial charge in [0.25, 0.3) is 11.8 Å². The third-order valence-electron chi connectivity index (χ3n) is 7.20. The highest BCUT2D eigenvalue weighted by Crippen LogP contribution is 2.24. The first-order chi connectivity index (χ1) is 17.4. The lowest BCUT2D eigenvalue weighted by atomic mass is 9.82. The maximum absolute atomic E-state index is 14.7. The van der Waals surface area contributed by atoms with Crippen molar-refractivity contribution in [3.8, 4) is 0 Å². The lowest BCUT2D eigenvalue weighted by molar-refractivity contribution is -0.131. The molecule has 4 heterocycles. The number of piperazine rings is 1. The number of hydrogen-bond acceptors (Lipinski definition) is 6. The maximum atomic E-state index is 14.7. The lowest BCUT2D eigenvalue weighted by Crippen LogP contribution is -2.67. The molecule has 0 radical (unpaired) electrons. The van der Waals surface area contributed by atoms with Gasteiger partial charge >= 0.3 is 0 Å². The van der Waals surface area contributed by atoms with Gasteiger partial charge in [-0.25, -0.2) is 14.8 Å². The van der Waals surface area contributed by atoms with Crippen molar-refractivity contribution in [1.82, 2.24) is 31.0 Å². The molecule has 36 heavy (non-hydrogen) atoms. The zero-order valence-electron chi connectivity index (χ0n) is 19.7. The van der Waals surface area contributed by atoms with E-state index in [-0.39, 0.29) is 35.4 Å². The second kappa shape index (κ2) is 10.5. The highest BCUT2D eigenvalue weighted by Gasteiger charge is 2.40. The molecule has 3 aliphatic heterocycles. The summed E-state index contributed by atoms with van der Waals surface area (Å²) in [5.41, 5.74) is 7.09. The molecule has 3 fully saturated rings. The number of benzene rings is 1. The van der Waals surface area contributed by atoms with Gasteiger partial charge in [0.1, 0.15) is 11.0 Å². The fraction of sp³-hybridized carbons (Fsp3) is 0.440. The number of halogens is 2. The van der Waals surface area contributed by atoms with Gasteiger partial charge in [-0.15, -0.1) is 0 Å². The Hall–Kier alpha value is -3.08. The number of rotatable bonds is 4.